The Morgan fingerprint density at radius 2 is 2.28 bits per heavy atom. The van der Waals surface area contributed by atoms with Gasteiger partial charge in [-0.25, -0.2) is 4.52 Å². The van der Waals surface area contributed by atoms with E-state index < -0.39 is 6.10 Å². The second-order valence-corrected chi connectivity index (χ2v) is 8.77. The molecule has 0 bridgehead atoms. The zero-order valence-corrected chi connectivity index (χ0v) is 18.6. The molecule has 3 aromatic rings. The number of aliphatic hydroxyl groups is 1. The lowest BCUT2D eigenvalue weighted by Crippen LogP contribution is -2.27. The van der Waals surface area contributed by atoms with E-state index in [-0.39, 0.29) is 12.5 Å². The maximum Gasteiger partial charge on any atom is 0.179 e. The van der Waals surface area contributed by atoms with Gasteiger partial charge in [-0.2, -0.15) is 15.5 Å². The number of nitrogens with zero attached hydrogens (tertiary/aromatic N) is 6. The van der Waals surface area contributed by atoms with Crippen molar-refractivity contribution in [2.24, 2.45) is 5.92 Å². The molecule has 2 atom stereocenters. The smallest absolute Gasteiger partial charge is 0.179 e. The van der Waals surface area contributed by atoms with Crippen LogP contribution < -0.4 is 4.74 Å². The first-order valence-corrected chi connectivity index (χ1v) is 11.2. The normalized spacial score (nSPS) is 19.6. The van der Waals surface area contributed by atoms with E-state index in [9.17, 15) is 10.4 Å². The molecule has 2 unspecified atom stereocenters. The molecule has 168 valence electrons. The van der Waals surface area contributed by atoms with E-state index in [1.807, 2.05) is 16.9 Å². The van der Waals surface area contributed by atoms with Crippen LogP contribution in [-0.4, -0.2) is 68.4 Å². The summed E-state index contributed by atoms with van der Waals surface area (Å²) >= 11 is 6.38. The van der Waals surface area contributed by atoms with E-state index >= 15 is 0 Å². The van der Waals surface area contributed by atoms with Crippen LogP contribution in [0.4, 0.5) is 0 Å². The minimum atomic E-state index is -0.614. The van der Waals surface area contributed by atoms with Gasteiger partial charge in [-0.05, 0) is 25.0 Å². The van der Waals surface area contributed by atoms with Crippen LogP contribution >= 0.6 is 11.6 Å². The van der Waals surface area contributed by atoms with Crippen molar-refractivity contribution in [1.82, 2.24) is 24.3 Å². The lowest BCUT2D eigenvalue weighted by atomic mass is 10.0. The number of rotatable bonds is 5. The number of hydrogen-bond donors (Lipinski definition) is 1. The second kappa shape index (κ2) is 8.62. The van der Waals surface area contributed by atoms with Crippen LogP contribution in [0.1, 0.15) is 17.7 Å². The Labute approximate surface area is 190 Å². The van der Waals surface area contributed by atoms with E-state index in [1.165, 1.54) is 0 Å². The van der Waals surface area contributed by atoms with Gasteiger partial charge in [0.15, 0.2) is 6.19 Å². The van der Waals surface area contributed by atoms with Crippen molar-refractivity contribution in [2.75, 3.05) is 32.9 Å². The number of aromatic nitrogens is 4. The maximum atomic E-state index is 10.5. The van der Waals surface area contributed by atoms with Crippen LogP contribution in [-0.2, 0) is 17.7 Å². The third-order valence-electron chi connectivity index (χ3n) is 6.39. The Morgan fingerprint density at radius 1 is 1.41 bits per heavy atom. The van der Waals surface area contributed by atoms with E-state index in [1.54, 1.807) is 15.6 Å². The van der Waals surface area contributed by atoms with Gasteiger partial charge in [0.05, 0.1) is 36.2 Å². The summed E-state index contributed by atoms with van der Waals surface area (Å²) in [6, 6.07) is 1.91. The second-order valence-electron chi connectivity index (χ2n) is 8.36. The molecule has 9 nitrogen and oxygen atoms in total. The molecule has 0 saturated carbocycles. The number of hydrogen-bond acceptors (Lipinski definition) is 7. The van der Waals surface area contributed by atoms with Crippen LogP contribution in [0.15, 0.2) is 18.5 Å². The molecule has 1 fully saturated rings. The number of nitriles is 1. The number of aliphatic hydroxyl groups excluding tert-OH is 1. The lowest BCUT2D eigenvalue weighted by Gasteiger charge is -2.18. The van der Waals surface area contributed by atoms with Gasteiger partial charge < -0.3 is 19.5 Å². The van der Waals surface area contributed by atoms with Gasteiger partial charge in [0.1, 0.15) is 17.9 Å². The molecule has 0 radical (unpaired) electrons. The Balaban J connectivity index is 1.47. The Morgan fingerprint density at radius 3 is 3.06 bits per heavy atom. The van der Waals surface area contributed by atoms with Gasteiger partial charge in [-0.3, -0.25) is 4.68 Å². The molecule has 5 heterocycles. The SMILES string of the molecule is Cc1c(-c2cc(OCC(O)C3CCOC3)c3c(Cl)cnn3c2)nn2c1CCN(C#N)CC2. The zero-order valence-electron chi connectivity index (χ0n) is 17.9. The molecule has 1 N–H and O–H groups in total. The van der Waals surface area contributed by atoms with Crippen LogP contribution in [0, 0.1) is 24.3 Å². The zero-order chi connectivity index (χ0) is 22.2. The molecule has 0 spiro atoms. The predicted octanol–water partition coefficient (Wildman–Crippen LogP) is 2.28. The first kappa shape index (κ1) is 21.1. The van der Waals surface area contributed by atoms with E-state index in [0.717, 1.165) is 35.4 Å². The molecule has 32 heavy (non-hydrogen) atoms. The molecule has 2 aliphatic rings. The summed E-state index contributed by atoms with van der Waals surface area (Å²) in [5, 5.41) is 29.4. The monoisotopic (exact) mass is 456 g/mol. The van der Waals surface area contributed by atoms with Crippen LogP contribution in [0.5, 0.6) is 5.75 Å². The van der Waals surface area contributed by atoms with Crippen molar-refractivity contribution in [3.8, 4) is 23.2 Å². The molecule has 2 aliphatic heterocycles. The average Bonchev–Trinajstić information content (AvgIpc) is 3.49. The van der Waals surface area contributed by atoms with Crippen LogP contribution in [0.2, 0.25) is 5.02 Å². The minimum absolute atomic E-state index is 0.0774. The molecule has 0 aromatic carbocycles. The van der Waals surface area contributed by atoms with Gasteiger partial charge >= 0.3 is 0 Å². The summed E-state index contributed by atoms with van der Waals surface area (Å²) in [6.45, 7) is 5.43. The van der Waals surface area contributed by atoms with Crippen molar-refractivity contribution < 1.29 is 14.6 Å². The first-order chi connectivity index (χ1) is 15.5. The Kier molecular flexibility index (Phi) is 5.67. The number of pyridine rings is 1. The third kappa shape index (κ3) is 3.79. The van der Waals surface area contributed by atoms with E-state index in [2.05, 4.69) is 18.2 Å². The molecular weight excluding hydrogens is 432 g/mol. The fourth-order valence-electron chi connectivity index (χ4n) is 4.49. The van der Waals surface area contributed by atoms with E-state index in [0.29, 0.717) is 49.1 Å². The highest BCUT2D eigenvalue weighted by Crippen LogP contribution is 2.34. The van der Waals surface area contributed by atoms with Crippen LogP contribution in [0.3, 0.4) is 0 Å². The molecule has 10 heteroatoms. The van der Waals surface area contributed by atoms with Gasteiger partial charge in [0.2, 0.25) is 0 Å². The fourth-order valence-corrected chi connectivity index (χ4v) is 4.71. The maximum absolute atomic E-state index is 10.5. The quantitative estimate of drug-likeness (QED) is 0.587. The predicted molar refractivity (Wildman–Crippen MR) is 117 cm³/mol. The first-order valence-electron chi connectivity index (χ1n) is 10.8. The Bertz CT molecular complexity index is 1180. The topological polar surface area (TPSA) is 101 Å². The summed E-state index contributed by atoms with van der Waals surface area (Å²) in [7, 11) is 0. The highest BCUT2D eigenvalue weighted by atomic mass is 35.5. The molecule has 1 saturated heterocycles. The number of fused-ring (bicyclic) bond motifs is 2. The van der Waals surface area contributed by atoms with Gasteiger partial charge in [0, 0.05) is 49.5 Å². The molecule has 5 rings (SSSR count). The van der Waals surface area contributed by atoms with E-state index in [4.69, 9.17) is 26.2 Å². The number of ether oxygens (including phenoxy) is 2. The van der Waals surface area contributed by atoms with Crippen molar-refractivity contribution in [3.63, 3.8) is 0 Å². The van der Waals surface area contributed by atoms with Crippen molar-refractivity contribution >= 4 is 17.1 Å². The standard InChI is InChI=1S/C22H25ClN6O3/c1-14-18-2-4-27(13-24)5-6-28(18)26-21(14)16-8-20(22-17(23)9-25-29(22)10-16)32-12-19(30)15-3-7-31-11-15/h8-10,15,19,30H,2-7,11-12H2,1H3. The van der Waals surface area contributed by atoms with Gasteiger partial charge in [-0.15, -0.1) is 0 Å². The minimum Gasteiger partial charge on any atom is -0.489 e. The molecule has 0 aliphatic carbocycles. The van der Waals surface area contributed by atoms with Crippen molar-refractivity contribution in [3.05, 3.63) is 34.7 Å². The largest absolute Gasteiger partial charge is 0.489 e. The van der Waals surface area contributed by atoms with Crippen molar-refractivity contribution in [1.29, 1.82) is 5.26 Å². The summed E-state index contributed by atoms with van der Waals surface area (Å²) in [4.78, 5) is 1.76. The summed E-state index contributed by atoms with van der Waals surface area (Å²) in [5.41, 5.74) is 4.59. The molecule has 0 amide bonds. The van der Waals surface area contributed by atoms with Gasteiger partial charge in [-0.1, -0.05) is 11.6 Å². The average molecular weight is 457 g/mol. The van der Waals surface area contributed by atoms with Crippen molar-refractivity contribution in [2.45, 2.75) is 32.4 Å². The highest BCUT2D eigenvalue weighted by molar-refractivity contribution is 6.34. The summed E-state index contributed by atoms with van der Waals surface area (Å²) in [5.74, 6) is 0.634. The summed E-state index contributed by atoms with van der Waals surface area (Å²) in [6.07, 6.45) is 6.69. The fraction of sp³-hybridized carbons (Fsp3) is 0.500. The molecule has 3 aromatic heterocycles. The lowest BCUT2D eigenvalue weighted by molar-refractivity contribution is 0.0503. The van der Waals surface area contributed by atoms with Gasteiger partial charge in [0.25, 0.3) is 0 Å². The molecular formula is C22H25ClN6O3. The Hall–Kier alpha value is -2.80. The highest BCUT2D eigenvalue weighted by Gasteiger charge is 2.26. The number of halogens is 1. The van der Waals surface area contributed by atoms with Crippen LogP contribution in [0.25, 0.3) is 16.8 Å². The third-order valence-corrected chi connectivity index (χ3v) is 6.66. The summed E-state index contributed by atoms with van der Waals surface area (Å²) < 4.78 is 15.1.